The van der Waals surface area contributed by atoms with Gasteiger partial charge in [0.1, 0.15) is 11.9 Å². The fraction of sp³-hybridized carbons (Fsp3) is 0.333. The maximum atomic E-state index is 13.8. The monoisotopic (exact) mass is 307 g/mol. The van der Waals surface area contributed by atoms with Gasteiger partial charge in [-0.2, -0.15) is 0 Å². The lowest BCUT2D eigenvalue weighted by molar-refractivity contribution is -0.116. The van der Waals surface area contributed by atoms with Crippen molar-refractivity contribution in [1.29, 1.82) is 0 Å². The second-order valence-electron chi connectivity index (χ2n) is 5.00. The van der Waals surface area contributed by atoms with Crippen LogP contribution in [0, 0.1) is 26.6 Å². The van der Waals surface area contributed by atoms with Gasteiger partial charge < -0.3 is 10.6 Å². The molecule has 0 fully saturated rings. The number of hydrogen-bond acceptors (Lipinski definition) is 4. The van der Waals surface area contributed by atoms with Gasteiger partial charge >= 0.3 is 0 Å². The van der Waals surface area contributed by atoms with Gasteiger partial charge in [-0.25, -0.2) is 9.37 Å². The molecule has 1 amide bonds. The molecule has 0 aliphatic heterocycles. The minimum Gasteiger partial charge on any atom is -0.372 e. The number of thiazole rings is 1. The summed E-state index contributed by atoms with van der Waals surface area (Å²) in [6.45, 7) is 7.34. The van der Waals surface area contributed by atoms with E-state index in [0.29, 0.717) is 10.8 Å². The number of aryl methyl sites for hydroxylation is 3. The summed E-state index contributed by atoms with van der Waals surface area (Å²) in [5, 5.41) is 6.17. The third-order valence-corrected chi connectivity index (χ3v) is 4.14. The number of carbonyl (C=O) groups excluding carboxylic acids is 1. The molecule has 1 aromatic carbocycles. The summed E-state index contributed by atoms with van der Waals surface area (Å²) in [5.74, 6) is -0.612. The van der Waals surface area contributed by atoms with E-state index in [9.17, 15) is 9.18 Å². The van der Waals surface area contributed by atoms with Gasteiger partial charge in [-0.15, -0.1) is 11.3 Å². The summed E-state index contributed by atoms with van der Waals surface area (Å²) in [4.78, 5) is 17.4. The summed E-state index contributed by atoms with van der Waals surface area (Å²) in [7, 11) is 0. The first kappa shape index (κ1) is 15.4. The Morgan fingerprint density at radius 2 is 2.05 bits per heavy atom. The molecule has 1 heterocycles. The third-order valence-electron chi connectivity index (χ3n) is 3.15. The SMILES string of the molecule is Cc1ccc(N[C@H](C)C(=O)Nc2nc(C)c(C)s2)c(F)c1. The van der Waals surface area contributed by atoms with Gasteiger partial charge in [0, 0.05) is 4.88 Å². The first-order chi connectivity index (χ1) is 9.86. The van der Waals surface area contributed by atoms with Crippen LogP contribution in [0.15, 0.2) is 18.2 Å². The van der Waals surface area contributed by atoms with Crippen molar-refractivity contribution in [2.24, 2.45) is 0 Å². The molecule has 0 unspecified atom stereocenters. The highest BCUT2D eigenvalue weighted by atomic mass is 32.1. The molecule has 6 heteroatoms. The molecular weight excluding hydrogens is 289 g/mol. The summed E-state index contributed by atoms with van der Waals surface area (Å²) in [5.41, 5.74) is 2.05. The van der Waals surface area contributed by atoms with Crippen LogP contribution in [0.3, 0.4) is 0 Å². The molecule has 0 radical (unpaired) electrons. The number of carbonyl (C=O) groups is 1. The zero-order valence-electron chi connectivity index (χ0n) is 12.5. The number of anilines is 2. The predicted molar refractivity (Wildman–Crippen MR) is 84.4 cm³/mol. The van der Waals surface area contributed by atoms with Gasteiger partial charge in [0.15, 0.2) is 5.13 Å². The second-order valence-corrected chi connectivity index (χ2v) is 6.20. The largest absolute Gasteiger partial charge is 0.372 e. The average molecular weight is 307 g/mol. The van der Waals surface area contributed by atoms with Crippen molar-refractivity contribution in [3.63, 3.8) is 0 Å². The van der Waals surface area contributed by atoms with E-state index in [-0.39, 0.29) is 11.7 Å². The molecule has 1 atom stereocenters. The van der Waals surface area contributed by atoms with Crippen LogP contribution in [0.2, 0.25) is 0 Å². The van der Waals surface area contributed by atoms with Crippen LogP contribution in [0.4, 0.5) is 15.2 Å². The Bertz CT molecular complexity index is 649. The normalized spacial score (nSPS) is 12.0. The van der Waals surface area contributed by atoms with Gasteiger partial charge in [-0.05, 0) is 45.4 Å². The number of benzene rings is 1. The molecule has 0 saturated carbocycles. The molecule has 2 aromatic rings. The third kappa shape index (κ3) is 3.78. The summed E-state index contributed by atoms with van der Waals surface area (Å²) >= 11 is 1.43. The van der Waals surface area contributed by atoms with Crippen molar-refractivity contribution in [3.8, 4) is 0 Å². The zero-order chi connectivity index (χ0) is 15.6. The summed E-state index contributed by atoms with van der Waals surface area (Å²) in [6.07, 6.45) is 0. The number of hydrogen-bond donors (Lipinski definition) is 2. The van der Waals surface area contributed by atoms with Crippen molar-refractivity contribution in [3.05, 3.63) is 40.2 Å². The Hall–Kier alpha value is -1.95. The lowest BCUT2D eigenvalue weighted by atomic mass is 10.2. The number of aromatic nitrogens is 1. The van der Waals surface area contributed by atoms with Crippen LogP contribution >= 0.6 is 11.3 Å². The molecule has 2 rings (SSSR count). The van der Waals surface area contributed by atoms with Crippen LogP contribution in [-0.4, -0.2) is 16.9 Å². The number of nitrogens with one attached hydrogen (secondary N) is 2. The zero-order valence-corrected chi connectivity index (χ0v) is 13.3. The number of rotatable bonds is 4. The number of halogens is 1. The number of amides is 1. The fourth-order valence-electron chi connectivity index (χ4n) is 1.78. The highest BCUT2D eigenvalue weighted by Gasteiger charge is 2.16. The Kier molecular flexibility index (Phi) is 4.57. The van der Waals surface area contributed by atoms with Crippen LogP contribution in [0.1, 0.15) is 23.1 Å². The molecule has 0 aliphatic carbocycles. The second kappa shape index (κ2) is 6.22. The molecule has 0 saturated heterocycles. The molecule has 0 spiro atoms. The van der Waals surface area contributed by atoms with E-state index in [1.54, 1.807) is 19.1 Å². The molecule has 2 N–H and O–H groups in total. The van der Waals surface area contributed by atoms with E-state index < -0.39 is 6.04 Å². The van der Waals surface area contributed by atoms with Crippen LogP contribution in [0.5, 0.6) is 0 Å². The fourth-order valence-corrected chi connectivity index (χ4v) is 2.59. The van der Waals surface area contributed by atoms with E-state index >= 15 is 0 Å². The standard InChI is InChI=1S/C15H18FN3OS/c1-8-5-6-13(12(16)7-8)17-10(3)14(20)19-15-18-9(2)11(4)21-15/h5-7,10,17H,1-4H3,(H,18,19,20)/t10-/m1/s1. The Labute approximate surface area is 127 Å². The minimum atomic E-state index is -0.563. The van der Waals surface area contributed by atoms with Crippen LogP contribution < -0.4 is 10.6 Å². The maximum Gasteiger partial charge on any atom is 0.248 e. The highest BCUT2D eigenvalue weighted by Crippen LogP contribution is 2.22. The van der Waals surface area contributed by atoms with Crippen molar-refractivity contribution < 1.29 is 9.18 Å². The van der Waals surface area contributed by atoms with Crippen molar-refractivity contribution in [1.82, 2.24) is 4.98 Å². The van der Waals surface area contributed by atoms with Gasteiger partial charge in [0.05, 0.1) is 11.4 Å². The maximum absolute atomic E-state index is 13.8. The number of nitrogens with zero attached hydrogens (tertiary/aromatic N) is 1. The molecule has 0 bridgehead atoms. The summed E-state index contributed by atoms with van der Waals surface area (Å²) < 4.78 is 13.8. The van der Waals surface area contributed by atoms with Gasteiger partial charge in [-0.1, -0.05) is 6.07 Å². The average Bonchev–Trinajstić information content (AvgIpc) is 2.71. The van der Waals surface area contributed by atoms with Crippen molar-refractivity contribution in [2.75, 3.05) is 10.6 Å². The minimum absolute atomic E-state index is 0.247. The van der Waals surface area contributed by atoms with Gasteiger partial charge in [-0.3, -0.25) is 4.79 Å². The van der Waals surface area contributed by atoms with Crippen LogP contribution in [0.25, 0.3) is 0 Å². The quantitative estimate of drug-likeness (QED) is 0.906. The van der Waals surface area contributed by atoms with Gasteiger partial charge in [0.25, 0.3) is 0 Å². The Morgan fingerprint density at radius 1 is 1.33 bits per heavy atom. The van der Waals surface area contributed by atoms with E-state index in [4.69, 9.17) is 0 Å². The topological polar surface area (TPSA) is 54.0 Å². The van der Waals surface area contributed by atoms with E-state index in [2.05, 4.69) is 15.6 Å². The molecule has 112 valence electrons. The Balaban J connectivity index is 2.02. The van der Waals surface area contributed by atoms with Crippen molar-refractivity contribution in [2.45, 2.75) is 33.7 Å². The molecule has 21 heavy (non-hydrogen) atoms. The lowest BCUT2D eigenvalue weighted by Gasteiger charge is -2.15. The highest BCUT2D eigenvalue weighted by molar-refractivity contribution is 7.15. The smallest absolute Gasteiger partial charge is 0.248 e. The first-order valence-corrected chi connectivity index (χ1v) is 7.46. The lowest BCUT2D eigenvalue weighted by Crippen LogP contribution is -2.32. The first-order valence-electron chi connectivity index (χ1n) is 6.64. The van der Waals surface area contributed by atoms with E-state index in [1.807, 2.05) is 20.8 Å². The molecule has 4 nitrogen and oxygen atoms in total. The molecular formula is C15H18FN3OS. The summed E-state index contributed by atoms with van der Waals surface area (Å²) in [6, 6.07) is 4.29. The van der Waals surface area contributed by atoms with Crippen molar-refractivity contribution >= 4 is 28.1 Å². The Morgan fingerprint density at radius 3 is 2.62 bits per heavy atom. The van der Waals surface area contributed by atoms with Gasteiger partial charge in [0.2, 0.25) is 5.91 Å². The molecule has 0 aliphatic rings. The predicted octanol–water partition coefficient (Wildman–Crippen LogP) is 3.65. The van der Waals surface area contributed by atoms with E-state index in [1.165, 1.54) is 17.4 Å². The van der Waals surface area contributed by atoms with Crippen LogP contribution in [-0.2, 0) is 4.79 Å². The van der Waals surface area contributed by atoms with E-state index in [0.717, 1.165) is 16.1 Å². The molecule has 1 aromatic heterocycles.